The molecule has 0 radical (unpaired) electrons. The molecule has 1 aliphatic carbocycles. The summed E-state index contributed by atoms with van der Waals surface area (Å²) in [5.41, 5.74) is 2.08. The molecule has 0 saturated carbocycles. The number of carbonyl (C=O) groups excluding carboxylic acids is 1. The summed E-state index contributed by atoms with van der Waals surface area (Å²) in [6, 6.07) is 1.97. The van der Waals surface area contributed by atoms with E-state index >= 15 is 0 Å². The molecule has 0 bridgehead atoms. The molecule has 1 aliphatic heterocycles. The summed E-state index contributed by atoms with van der Waals surface area (Å²) in [5, 5.41) is 4.35. The molecule has 0 N–H and O–H groups in total. The maximum Gasteiger partial charge on any atom is 0.288 e. The highest BCUT2D eigenvalue weighted by molar-refractivity contribution is 7.89. The summed E-state index contributed by atoms with van der Waals surface area (Å²) >= 11 is 1.53. The molecule has 1 fully saturated rings. The molecule has 1 saturated heterocycles. The highest BCUT2D eigenvalue weighted by Gasteiger charge is 2.33. The van der Waals surface area contributed by atoms with Crippen LogP contribution in [0.1, 0.15) is 70.0 Å². The van der Waals surface area contributed by atoms with Crippen molar-refractivity contribution in [1.82, 2.24) is 14.1 Å². The molecule has 0 spiro atoms. The zero-order chi connectivity index (χ0) is 19.9. The average molecular weight is 422 g/mol. The fourth-order valence-corrected chi connectivity index (χ4v) is 7.36. The van der Waals surface area contributed by atoms with Gasteiger partial charge in [0, 0.05) is 18.0 Å². The van der Waals surface area contributed by atoms with E-state index in [2.05, 4.69) is 5.10 Å². The van der Waals surface area contributed by atoms with E-state index in [1.165, 1.54) is 32.9 Å². The number of thiophene rings is 1. The number of aryl methyl sites for hydroxylation is 3. The fraction of sp³-hybridized carbons (Fsp3) is 0.600. The lowest BCUT2D eigenvalue weighted by Crippen LogP contribution is -2.32. The Bertz CT molecular complexity index is 973. The Morgan fingerprint density at radius 3 is 2.39 bits per heavy atom. The minimum Gasteiger partial charge on any atom is -0.266 e. The summed E-state index contributed by atoms with van der Waals surface area (Å²) in [4.78, 5) is 15.2. The third-order valence-corrected chi connectivity index (χ3v) is 9.16. The van der Waals surface area contributed by atoms with Gasteiger partial charge in [-0.3, -0.25) is 4.79 Å². The maximum atomic E-state index is 13.3. The van der Waals surface area contributed by atoms with Crippen LogP contribution in [0, 0.1) is 13.8 Å². The van der Waals surface area contributed by atoms with Gasteiger partial charge in [-0.15, -0.1) is 11.3 Å². The van der Waals surface area contributed by atoms with Crippen LogP contribution in [0.15, 0.2) is 11.0 Å². The van der Waals surface area contributed by atoms with Gasteiger partial charge in [0.25, 0.3) is 5.91 Å². The van der Waals surface area contributed by atoms with Crippen molar-refractivity contribution in [3.05, 3.63) is 32.8 Å². The molecule has 0 amide bonds. The lowest BCUT2D eigenvalue weighted by Gasteiger charge is -2.20. The van der Waals surface area contributed by atoms with Crippen LogP contribution < -0.4 is 0 Å². The maximum absolute atomic E-state index is 13.3. The molecule has 2 aromatic heterocycles. The van der Waals surface area contributed by atoms with Crippen LogP contribution >= 0.6 is 11.3 Å². The Hall–Kier alpha value is -1.51. The molecule has 2 aliphatic rings. The fourth-order valence-electron chi connectivity index (χ4n) is 4.31. The Balaban J connectivity index is 1.69. The van der Waals surface area contributed by atoms with Gasteiger partial charge in [-0.25, -0.2) is 8.42 Å². The standard InChI is InChI=1S/C20H27N3O3S2/c1-14-19(28(25,26)22-11-7-3-4-8-12-22)15(2)23(21-14)20(24)18-13-16-9-5-6-10-17(16)27-18/h13H,3-12H2,1-2H3. The van der Waals surface area contributed by atoms with Crippen LogP contribution in [0.4, 0.5) is 0 Å². The van der Waals surface area contributed by atoms with Crippen molar-refractivity contribution < 1.29 is 13.2 Å². The van der Waals surface area contributed by atoms with Crippen molar-refractivity contribution in [2.24, 2.45) is 0 Å². The molecule has 0 aromatic carbocycles. The van der Waals surface area contributed by atoms with Crippen molar-refractivity contribution >= 4 is 27.3 Å². The highest BCUT2D eigenvalue weighted by atomic mass is 32.2. The number of hydrogen-bond donors (Lipinski definition) is 0. The first-order valence-corrected chi connectivity index (χ1v) is 12.4. The normalized spacial score (nSPS) is 18.6. The number of hydrogen-bond acceptors (Lipinski definition) is 5. The number of sulfonamides is 1. The zero-order valence-corrected chi connectivity index (χ0v) is 18.2. The number of carbonyl (C=O) groups is 1. The van der Waals surface area contributed by atoms with Crippen molar-refractivity contribution in [2.75, 3.05) is 13.1 Å². The van der Waals surface area contributed by atoms with Gasteiger partial charge in [-0.1, -0.05) is 12.8 Å². The number of nitrogens with zero attached hydrogens (tertiary/aromatic N) is 3. The highest BCUT2D eigenvalue weighted by Crippen LogP contribution is 2.31. The van der Waals surface area contributed by atoms with Gasteiger partial charge < -0.3 is 0 Å². The van der Waals surface area contributed by atoms with E-state index in [4.69, 9.17) is 0 Å². The molecule has 3 heterocycles. The topological polar surface area (TPSA) is 72.3 Å². The van der Waals surface area contributed by atoms with Crippen LogP contribution in [0.25, 0.3) is 0 Å². The van der Waals surface area contributed by atoms with E-state index in [9.17, 15) is 13.2 Å². The molecule has 0 unspecified atom stereocenters. The lowest BCUT2D eigenvalue weighted by molar-refractivity contribution is 0.0946. The van der Waals surface area contributed by atoms with Gasteiger partial charge in [0.05, 0.1) is 16.3 Å². The first-order valence-electron chi connectivity index (χ1n) is 10.1. The number of aromatic nitrogens is 2. The smallest absolute Gasteiger partial charge is 0.266 e. The predicted octanol–water partition coefficient (Wildman–Crippen LogP) is 3.69. The summed E-state index contributed by atoms with van der Waals surface area (Å²) in [7, 11) is -3.64. The Morgan fingerprint density at radius 2 is 1.71 bits per heavy atom. The Labute approximate surface area is 170 Å². The van der Waals surface area contributed by atoms with Crippen LogP contribution in [0.2, 0.25) is 0 Å². The molecular weight excluding hydrogens is 394 g/mol. The van der Waals surface area contributed by atoms with Crippen molar-refractivity contribution in [1.29, 1.82) is 0 Å². The third-order valence-electron chi connectivity index (χ3n) is 5.79. The summed E-state index contributed by atoms with van der Waals surface area (Å²) < 4.78 is 29.4. The van der Waals surface area contributed by atoms with Gasteiger partial charge in [0.1, 0.15) is 4.90 Å². The molecule has 4 rings (SSSR count). The Morgan fingerprint density at radius 1 is 1.04 bits per heavy atom. The molecule has 2 aromatic rings. The molecule has 8 heteroatoms. The van der Waals surface area contributed by atoms with E-state index in [1.807, 2.05) is 6.07 Å². The SMILES string of the molecule is Cc1nn(C(=O)c2cc3c(s2)CCCC3)c(C)c1S(=O)(=O)N1CCCCCC1. The van der Waals surface area contributed by atoms with Gasteiger partial charge in [0.2, 0.25) is 10.0 Å². The van der Waals surface area contributed by atoms with Gasteiger partial charge in [-0.2, -0.15) is 14.1 Å². The molecule has 0 atom stereocenters. The van der Waals surface area contributed by atoms with Gasteiger partial charge in [0.15, 0.2) is 0 Å². The Kier molecular flexibility index (Phi) is 5.46. The van der Waals surface area contributed by atoms with Gasteiger partial charge >= 0.3 is 0 Å². The first kappa shape index (κ1) is 19.8. The third kappa shape index (κ3) is 3.46. The second kappa shape index (κ2) is 7.72. The van der Waals surface area contributed by atoms with E-state index in [1.54, 1.807) is 18.2 Å². The molecule has 152 valence electrons. The van der Waals surface area contributed by atoms with E-state index in [0.717, 1.165) is 44.9 Å². The molecule has 6 nitrogen and oxygen atoms in total. The van der Waals surface area contributed by atoms with Crippen molar-refractivity contribution in [3.8, 4) is 0 Å². The van der Waals surface area contributed by atoms with Crippen LogP contribution in [-0.4, -0.2) is 41.5 Å². The van der Waals surface area contributed by atoms with Crippen LogP contribution in [0.3, 0.4) is 0 Å². The largest absolute Gasteiger partial charge is 0.288 e. The van der Waals surface area contributed by atoms with E-state index < -0.39 is 10.0 Å². The minimum atomic E-state index is -3.64. The molecular formula is C20H27N3O3S2. The zero-order valence-electron chi connectivity index (χ0n) is 16.5. The first-order chi connectivity index (χ1) is 13.4. The second-order valence-electron chi connectivity index (χ2n) is 7.80. The van der Waals surface area contributed by atoms with Crippen LogP contribution in [-0.2, 0) is 22.9 Å². The second-order valence-corrected chi connectivity index (χ2v) is 10.8. The van der Waals surface area contributed by atoms with Gasteiger partial charge in [-0.05, 0) is 64.0 Å². The van der Waals surface area contributed by atoms with Crippen molar-refractivity contribution in [2.45, 2.75) is 70.1 Å². The lowest BCUT2D eigenvalue weighted by atomic mass is 9.99. The average Bonchev–Trinajstić information content (AvgIpc) is 3.09. The summed E-state index contributed by atoms with van der Waals surface area (Å²) in [5.74, 6) is -0.225. The van der Waals surface area contributed by atoms with Crippen molar-refractivity contribution in [3.63, 3.8) is 0 Å². The number of rotatable bonds is 3. The summed E-state index contributed by atoms with van der Waals surface area (Å²) in [6.07, 6.45) is 8.25. The monoisotopic (exact) mass is 421 g/mol. The number of fused-ring (bicyclic) bond motifs is 1. The quantitative estimate of drug-likeness (QED) is 0.758. The molecule has 28 heavy (non-hydrogen) atoms. The van der Waals surface area contributed by atoms with E-state index in [0.29, 0.717) is 29.4 Å². The van der Waals surface area contributed by atoms with E-state index in [-0.39, 0.29) is 10.8 Å². The van der Waals surface area contributed by atoms with Crippen LogP contribution in [0.5, 0.6) is 0 Å². The summed E-state index contributed by atoms with van der Waals surface area (Å²) in [6.45, 7) is 4.45. The predicted molar refractivity (Wildman–Crippen MR) is 110 cm³/mol. The minimum absolute atomic E-state index is 0.198.